The van der Waals surface area contributed by atoms with Gasteiger partial charge in [-0.3, -0.25) is 14.3 Å². The Hall–Kier alpha value is -0.680. The minimum absolute atomic E-state index is 0.000787. The molecule has 1 aromatic heterocycles. The number of H-pyrrole nitrogens is 1. The summed E-state index contributed by atoms with van der Waals surface area (Å²) >= 11 is 7.79. The van der Waals surface area contributed by atoms with Gasteiger partial charge in [-0.05, 0) is 31.4 Å². The molecule has 2 rings (SSSR count). The van der Waals surface area contributed by atoms with Gasteiger partial charge in [-0.15, -0.1) is 0 Å². The summed E-state index contributed by atoms with van der Waals surface area (Å²) in [6.45, 7) is 3.81. The summed E-state index contributed by atoms with van der Waals surface area (Å²) in [4.78, 5) is 27.1. The maximum atomic E-state index is 12.5. The summed E-state index contributed by atoms with van der Waals surface area (Å²) in [5.41, 5.74) is -0.101. The molecule has 2 atom stereocenters. The molecule has 2 unspecified atom stereocenters. The monoisotopic (exact) mass is 302 g/mol. The number of aromatic amines is 1. The average Bonchev–Trinajstić information content (AvgIpc) is 2.76. The molecule has 0 amide bonds. The Labute approximate surface area is 121 Å². The molecule has 0 aromatic carbocycles. The Balaban J connectivity index is 2.50. The highest BCUT2D eigenvalue weighted by Crippen LogP contribution is 2.34. The van der Waals surface area contributed by atoms with Gasteiger partial charge in [0.25, 0.3) is 5.56 Å². The van der Waals surface area contributed by atoms with Gasteiger partial charge < -0.3 is 0 Å². The second-order valence-corrected chi connectivity index (χ2v) is 6.83. The summed E-state index contributed by atoms with van der Waals surface area (Å²) in [6.07, 6.45) is 4.88. The lowest BCUT2D eigenvalue weighted by Crippen LogP contribution is -2.39. The van der Waals surface area contributed by atoms with Crippen molar-refractivity contribution in [3.05, 3.63) is 31.6 Å². The first-order valence-electron chi connectivity index (χ1n) is 6.52. The van der Waals surface area contributed by atoms with Crippen molar-refractivity contribution < 1.29 is 0 Å². The van der Waals surface area contributed by atoms with Crippen LogP contribution in [0.5, 0.6) is 0 Å². The van der Waals surface area contributed by atoms with Crippen LogP contribution in [0, 0.1) is 0 Å². The van der Waals surface area contributed by atoms with Gasteiger partial charge in [0.15, 0.2) is 0 Å². The van der Waals surface area contributed by atoms with Gasteiger partial charge >= 0.3 is 5.69 Å². The van der Waals surface area contributed by atoms with Gasteiger partial charge in [-0.2, -0.15) is 11.8 Å². The molecule has 0 spiro atoms. The lowest BCUT2D eigenvalue weighted by atomic mass is 10.1. The van der Waals surface area contributed by atoms with E-state index in [2.05, 4.69) is 11.2 Å². The standard InChI is InChI=1S/C13H19ClN2O2S/c1-7(2)10-11(14)15-13(18)16(12(10)17)8-4-5-9(6-8)19-3/h7-9H,4-6H2,1-3H3,(H,15,18). The van der Waals surface area contributed by atoms with E-state index in [1.807, 2.05) is 13.8 Å². The smallest absolute Gasteiger partial charge is 0.297 e. The zero-order chi connectivity index (χ0) is 14.2. The lowest BCUT2D eigenvalue weighted by Gasteiger charge is -2.16. The second-order valence-electron chi connectivity index (χ2n) is 5.31. The molecule has 0 saturated heterocycles. The number of hydrogen-bond donors (Lipinski definition) is 1. The fraction of sp³-hybridized carbons (Fsp3) is 0.692. The van der Waals surface area contributed by atoms with E-state index in [1.165, 1.54) is 4.57 Å². The van der Waals surface area contributed by atoms with E-state index in [1.54, 1.807) is 11.8 Å². The molecule has 1 saturated carbocycles. The van der Waals surface area contributed by atoms with E-state index >= 15 is 0 Å². The first kappa shape index (κ1) is 14.7. The van der Waals surface area contributed by atoms with Gasteiger partial charge in [0.05, 0.1) is 5.56 Å². The van der Waals surface area contributed by atoms with Crippen LogP contribution in [0.15, 0.2) is 9.59 Å². The Kier molecular flexibility index (Phi) is 4.46. The summed E-state index contributed by atoms with van der Waals surface area (Å²) < 4.78 is 1.37. The van der Waals surface area contributed by atoms with Crippen LogP contribution < -0.4 is 11.2 Å². The van der Waals surface area contributed by atoms with Gasteiger partial charge in [-0.25, -0.2) is 4.79 Å². The molecule has 1 aliphatic rings. The van der Waals surface area contributed by atoms with E-state index in [-0.39, 0.29) is 28.4 Å². The fourth-order valence-electron chi connectivity index (χ4n) is 2.74. The minimum atomic E-state index is -0.383. The van der Waals surface area contributed by atoms with E-state index in [4.69, 9.17) is 11.6 Å². The number of thioether (sulfide) groups is 1. The summed E-state index contributed by atoms with van der Waals surface area (Å²) in [5.74, 6) is 0.000787. The highest BCUT2D eigenvalue weighted by molar-refractivity contribution is 7.99. The number of hydrogen-bond acceptors (Lipinski definition) is 3. The zero-order valence-electron chi connectivity index (χ0n) is 11.4. The number of nitrogens with one attached hydrogen (secondary N) is 1. The summed E-state index contributed by atoms with van der Waals surface area (Å²) in [7, 11) is 0. The Bertz CT molecular complexity index is 579. The molecule has 0 radical (unpaired) electrons. The van der Waals surface area contributed by atoms with Crippen molar-refractivity contribution >= 4 is 23.4 Å². The molecule has 19 heavy (non-hydrogen) atoms. The Morgan fingerprint density at radius 1 is 1.37 bits per heavy atom. The number of aromatic nitrogens is 2. The van der Waals surface area contributed by atoms with Crippen LogP contribution in [0.2, 0.25) is 5.15 Å². The molecule has 1 heterocycles. The van der Waals surface area contributed by atoms with Crippen LogP contribution in [-0.4, -0.2) is 21.1 Å². The first-order valence-corrected chi connectivity index (χ1v) is 8.19. The van der Waals surface area contributed by atoms with Gasteiger partial charge in [0, 0.05) is 11.3 Å². The van der Waals surface area contributed by atoms with Crippen molar-refractivity contribution in [3.63, 3.8) is 0 Å². The van der Waals surface area contributed by atoms with Crippen LogP contribution in [-0.2, 0) is 0 Å². The molecule has 0 aliphatic heterocycles. The molecular weight excluding hydrogens is 284 g/mol. The van der Waals surface area contributed by atoms with Crippen molar-refractivity contribution in [2.45, 2.75) is 50.3 Å². The molecule has 106 valence electrons. The largest absolute Gasteiger partial charge is 0.329 e. The highest BCUT2D eigenvalue weighted by atomic mass is 35.5. The third kappa shape index (κ3) is 2.77. The second kappa shape index (κ2) is 5.75. The summed E-state index contributed by atoms with van der Waals surface area (Å²) in [6, 6.07) is 0.00321. The number of halogens is 1. The van der Waals surface area contributed by atoms with Gasteiger partial charge in [-0.1, -0.05) is 25.4 Å². The topological polar surface area (TPSA) is 54.9 Å². The van der Waals surface area contributed by atoms with Crippen molar-refractivity contribution in [1.82, 2.24) is 9.55 Å². The van der Waals surface area contributed by atoms with Crippen molar-refractivity contribution in [2.24, 2.45) is 0 Å². The SMILES string of the molecule is CSC1CCC(n2c(=O)[nH]c(Cl)c(C(C)C)c2=O)C1. The predicted octanol–water partition coefficient (Wildman–Crippen LogP) is 2.77. The predicted molar refractivity (Wildman–Crippen MR) is 80.6 cm³/mol. The molecule has 1 N–H and O–H groups in total. The molecular formula is C13H19ClN2O2S. The minimum Gasteiger partial charge on any atom is -0.297 e. The maximum Gasteiger partial charge on any atom is 0.329 e. The van der Waals surface area contributed by atoms with Crippen LogP contribution in [0.3, 0.4) is 0 Å². The van der Waals surface area contributed by atoms with E-state index in [0.29, 0.717) is 10.8 Å². The van der Waals surface area contributed by atoms with Gasteiger partial charge in [0.1, 0.15) is 5.15 Å². The molecule has 1 fully saturated rings. The fourth-order valence-corrected chi connectivity index (χ4v) is 3.90. The van der Waals surface area contributed by atoms with Crippen molar-refractivity contribution in [2.75, 3.05) is 6.26 Å². The van der Waals surface area contributed by atoms with Crippen molar-refractivity contribution in [1.29, 1.82) is 0 Å². The van der Waals surface area contributed by atoms with Crippen molar-refractivity contribution in [3.8, 4) is 0 Å². The number of nitrogens with zero attached hydrogens (tertiary/aromatic N) is 1. The van der Waals surface area contributed by atoms with E-state index in [0.717, 1.165) is 19.3 Å². The Morgan fingerprint density at radius 2 is 2.05 bits per heavy atom. The third-order valence-corrected chi connectivity index (χ3v) is 5.15. The van der Waals surface area contributed by atoms with Crippen LogP contribution in [0.1, 0.15) is 50.6 Å². The lowest BCUT2D eigenvalue weighted by molar-refractivity contribution is 0.474. The first-order chi connectivity index (χ1) is 8.95. The van der Waals surface area contributed by atoms with Crippen LogP contribution in [0.25, 0.3) is 0 Å². The molecule has 1 aromatic rings. The molecule has 1 aliphatic carbocycles. The van der Waals surface area contributed by atoms with Crippen LogP contribution in [0.4, 0.5) is 0 Å². The van der Waals surface area contributed by atoms with E-state index in [9.17, 15) is 9.59 Å². The van der Waals surface area contributed by atoms with Crippen LogP contribution >= 0.6 is 23.4 Å². The molecule has 6 heteroatoms. The highest BCUT2D eigenvalue weighted by Gasteiger charge is 2.29. The van der Waals surface area contributed by atoms with Gasteiger partial charge in [0.2, 0.25) is 0 Å². The third-order valence-electron chi connectivity index (χ3n) is 3.75. The molecule has 0 bridgehead atoms. The Morgan fingerprint density at radius 3 is 2.58 bits per heavy atom. The number of rotatable bonds is 3. The normalized spacial score (nSPS) is 23.2. The molecule has 4 nitrogen and oxygen atoms in total. The summed E-state index contributed by atoms with van der Waals surface area (Å²) in [5, 5.41) is 0.718. The maximum absolute atomic E-state index is 12.5. The van der Waals surface area contributed by atoms with E-state index < -0.39 is 0 Å². The zero-order valence-corrected chi connectivity index (χ0v) is 13.0. The average molecular weight is 303 g/mol. The quantitative estimate of drug-likeness (QED) is 0.874.